The van der Waals surface area contributed by atoms with Crippen LogP contribution in [0.5, 0.6) is 0 Å². The molecular formula is C56H38N2. The van der Waals surface area contributed by atoms with E-state index >= 15 is 0 Å². The SMILES string of the molecule is c1ccc(-c2cccc(N(c3ccc(-c4cccc5ccccc45)cc3)c3cccc(-c4c5ccccc5cc5c4c4ccccc4n5-c4ccccc4)c3)c2)cc1. The van der Waals surface area contributed by atoms with E-state index in [1.165, 1.54) is 76.7 Å². The van der Waals surface area contributed by atoms with Crippen molar-refractivity contribution in [2.75, 3.05) is 4.90 Å². The Balaban J connectivity index is 1.13. The maximum Gasteiger partial charge on any atom is 0.0553 e. The summed E-state index contributed by atoms with van der Waals surface area (Å²) in [6, 6.07) is 83.7. The molecule has 2 heteroatoms. The van der Waals surface area contributed by atoms with Crippen molar-refractivity contribution in [3.63, 3.8) is 0 Å². The Labute approximate surface area is 338 Å². The lowest BCUT2D eigenvalue weighted by Crippen LogP contribution is -2.10. The van der Waals surface area contributed by atoms with Gasteiger partial charge in [-0.15, -0.1) is 0 Å². The highest BCUT2D eigenvalue weighted by Crippen LogP contribution is 2.45. The highest BCUT2D eigenvalue weighted by atomic mass is 15.1. The molecule has 2 nitrogen and oxygen atoms in total. The van der Waals surface area contributed by atoms with E-state index in [9.17, 15) is 0 Å². The first-order valence-corrected chi connectivity index (χ1v) is 19.9. The van der Waals surface area contributed by atoms with Gasteiger partial charge in [-0.3, -0.25) is 0 Å². The zero-order valence-electron chi connectivity index (χ0n) is 31.8. The fourth-order valence-corrected chi connectivity index (χ4v) is 8.92. The van der Waals surface area contributed by atoms with Crippen LogP contribution < -0.4 is 4.90 Å². The van der Waals surface area contributed by atoms with Crippen LogP contribution in [0, 0.1) is 0 Å². The number of hydrogen-bond donors (Lipinski definition) is 0. The van der Waals surface area contributed by atoms with Crippen molar-refractivity contribution in [1.29, 1.82) is 0 Å². The molecule has 0 aliphatic heterocycles. The molecule has 0 bridgehead atoms. The standard InChI is InChI=1S/C56H38N2/c1-3-16-39(17-4-1)42-21-13-25-47(36-42)57(46-34-32-41(33-35-46)50-30-15-20-40-18-7-9-27-49(40)50)48-26-14-22-44(37-48)55-51-28-10-8-19-43(51)38-54-56(55)52-29-11-12-31-53(52)58(54)45-23-5-2-6-24-45/h1-38H. The van der Waals surface area contributed by atoms with E-state index in [1.807, 2.05) is 0 Å². The van der Waals surface area contributed by atoms with Gasteiger partial charge in [0.15, 0.2) is 0 Å². The Bertz CT molecular complexity index is 3260. The van der Waals surface area contributed by atoms with Gasteiger partial charge >= 0.3 is 0 Å². The van der Waals surface area contributed by atoms with Gasteiger partial charge in [-0.1, -0.05) is 170 Å². The number of benzene rings is 10. The van der Waals surface area contributed by atoms with Gasteiger partial charge in [-0.2, -0.15) is 0 Å². The zero-order valence-corrected chi connectivity index (χ0v) is 31.8. The monoisotopic (exact) mass is 738 g/mol. The van der Waals surface area contributed by atoms with Crippen molar-refractivity contribution in [3.05, 3.63) is 231 Å². The average Bonchev–Trinajstić information content (AvgIpc) is 3.63. The number of anilines is 3. The number of nitrogens with zero attached hydrogens (tertiary/aromatic N) is 2. The molecule has 0 aliphatic carbocycles. The van der Waals surface area contributed by atoms with E-state index in [-0.39, 0.29) is 0 Å². The van der Waals surface area contributed by atoms with Crippen LogP contribution in [0.25, 0.3) is 82.4 Å². The summed E-state index contributed by atoms with van der Waals surface area (Å²) in [7, 11) is 0. The van der Waals surface area contributed by atoms with Crippen LogP contribution in [0.15, 0.2) is 231 Å². The third-order valence-electron chi connectivity index (χ3n) is 11.5. The molecule has 11 rings (SSSR count). The summed E-state index contributed by atoms with van der Waals surface area (Å²) in [6.45, 7) is 0. The summed E-state index contributed by atoms with van der Waals surface area (Å²) in [5.74, 6) is 0. The molecule has 272 valence electrons. The fraction of sp³-hybridized carbons (Fsp3) is 0. The molecule has 0 N–H and O–H groups in total. The number of para-hydroxylation sites is 2. The minimum absolute atomic E-state index is 1.09. The minimum Gasteiger partial charge on any atom is -0.310 e. The van der Waals surface area contributed by atoms with Gasteiger partial charge in [-0.25, -0.2) is 0 Å². The Morgan fingerprint density at radius 2 is 0.879 bits per heavy atom. The predicted octanol–water partition coefficient (Wildman–Crippen LogP) is 15.6. The Kier molecular flexibility index (Phi) is 8.19. The fourth-order valence-electron chi connectivity index (χ4n) is 8.92. The second kappa shape index (κ2) is 14.1. The summed E-state index contributed by atoms with van der Waals surface area (Å²) in [6.07, 6.45) is 0. The van der Waals surface area contributed by atoms with Gasteiger partial charge in [0.05, 0.1) is 11.0 Å². The maximum absolute atomic E-state index is 2.42. The summed E-state index contributed by atoms with van der Waals surface area (Å²) < 4.78 is 2.42. The third-order valence-corrected chi connectivity index (χ3v) is 11.5. The summed E-state index contributed by atoms with van der Waals surface area (Å²) >= 11 is 0. The van der Waals surface area contributed by atoms with Gasteiger partial charge < -0.3 is 9.47 Å². The maximum atomic E-state index is 2.42. The second-order valence-corrected chi connectivity index (χ2v) is 14.9. The number of rotatable bonds is 7. The van der Waals surface area contributed by atoms with Crippen molar-refractivity contribution in [1.82, 2.24) is 4.57 Å². The van der Waals surface area contributed by atoms with Crippen LogP contribution >= 0.6 is 0 Å². The number of hydrogen-bond acceptors (Lipinski definition) is 1. The second-order valence-electron chi connectivity index (χ2n) is 14.9. The molecular weight excluding hydrogens is 701 g/mol. The molecule has 0 fully saturated rings. The highest BCUT2D eigenvalue weighted by molar-refractivity contribution is 6.23. The van der Waals surface area contributed by atoms with Crippen LogP contribution in [0.3, 0.4) is 0 Å². The average molecular weight is 739 g/mol. The molecule has 0 radical (unpaired) electrons. The molecule has 0 atom stereocenters. The van der Waals surface area contributed by atoms with Crippen molar-refractivity contribution >= 4 is 60.4 Å². The van der Waals surface area contributed by atoms with E-state index in [4.69, 9.17) is 0 Å². The first kappa shape index (κ1) is 33.6. The van der Waals surface area contributed by atoms with Gasteiger partial charge in [0, 0.05) is 33.5 Å². The summed E-state index contributed by atoms with van der Waals surface area (Å²) in [5.41, 5.74) is 14.0. The normalized spacial score (nSPS) is 11.4. The van der Waals surface area contributed by atoms with Crippen LogP contribution in [-0.2, 0) is 0 Å². The van der Waals surface area contributed by atoms with Crippen molar-refractivity contribution in [2.45, 2.75) is 0 Å². The van der Waals surface area contributed by atoms with E-state index in [2.05, 4.69) is 240 Å². The van der Waals surface area contributed by atoms with Crippen LogP contribution in [0.2, 0.25) is 0 Å². The Morgan fingerprint density at radius 1 is 0.310 bits per heavy atom. The molecule has 1 heterocycles. The first-order valence-electron chi connectivity index (χ1n) is 19.9. The predicted molar refractivity (Wildman–Crippen MR) is 247 cm³/mol. The van der Waals surface area contributed by atoms with Crippen molar-refractivity contribution in [3.8, 4) is 39.1 Å². The van der Waals surface area contributed by atoms with Gasteiger partial charge in [-0.05, 0) is 116 Å². The first-order chi connectivity index (χ1) is 28.8. The number of aromatic nitrogens is 1. The van der Waals surface area contributed by atoms with Gasteiger partial charge in [0.2, 0.25) is 0 Å². The molecule has 1 aromatic heterocycles. The molecule has 0 saturated carbocycles. The van der Waals surface area contributed by atoms with Crippen LogP contribution in [0.1, 0.15) is 0 Å². The van der Waals surface area contributed by atoms with E-state index in [0.29, 0.717) is 0 Å². The minimum atomic E-state index is 1.09. The summed E-state index contributed by atoms with van der Waals surface area (Å²) in [4.78, 5) is 2.40. The highest BCUT2D eigenvalue weighted by Gasteiger charge is 2.21. The summed E-state index contributed by atoms with van der Waals surface area (Å²) in [5, 5.41) is 7.45. The smallest absolute Gasteiger partial charge is 0.0553 e. The lowest BCUT2D eigenvalue weighted by molar-refractivity contribution is 1.18. The largest absolute Gasteiger partial charge is 0.310 e. The van der Waals surface area contributed by atoms with E-state index < -0.39 is 0 Å². The molecule has 0 unspecified atom stereocenters. The Hall–Kier alpha value is -7.68. The quantitative estimate of drug-likeness (QED) is 0.158. The van der Waals surface area contributed by atoms with Crippen molar-refractivity contribution < 1.29 is 0 Å². The molecule has 11 aromatic rings. The molecule has 58 heavy (non-hydrogen) atoms. The van der Waals surface area contributed by atoms with Crippen molar-refractivity contribution in [2.24, 2.45) is 0 Å². The van der Waals surface area contributed by atoms with Gasteiger partial charge in [0.25, 0.3) is 0 Å². The van der Waals surface area contributed by atoms with E-state index in [1.54, 1.807) is 0 Å². The number of fused-ring (bicyclic) bond motifs is 5. The van der Waals surface area contributed by atoms with Gasteiger partial charge in [0.1, 0.15) is 0 Å². The Morgan fingerprint density at radius 3 is 1.66 bits per heavy atom. The molecule has 0 amide bonds. The topological polar surface area (TPSA) is 8.17 Å². The molecule has 10 aromatic carbocycles. The molecule has 0 aliphatic rings. The van der Waals surface area contributed by atoms with Crippen LogP contribution in [-0.4, -0.2) is 4.57 Å². The van der Waals surface area contributed by atoms with E-state index in [0.717, 1.165) is 22.7 Å². The van der Waals surface area contributed by atoms with Crippen LogP contribution in [0.4, 0.5) is 17.1 Å². The lowest BCUT2D eigenvalue weighted by Gasteiger charge is -2.27. The molecule has 0 spiro atoms. The lowest BCUT2D eigenvalue weighted by atomic mass is 9.92. The zero-order chi connectivity index (χ0) is 38.4. The third kappa shape index (κ3) is 5.74. The molecule has 0 saturated heterocycles.